The molecule has 0 aliphatic carbocycles. The monoisotopic (exact) mass is 382 g/mol. The van der Waals surface area contributed by atoms with Gasteiger partial charge in [0.25, 0.3) is 0 Å². The SMILES string of the molecule is Cl.O=C(CCN1CCOCC1)Nc1cccc(CNC(=O)C2CNC2)c1. The van der Waals surface area contributed by atoms with Gasteiger partial charge in [-0.1, -0.05) is 12.1 Å². The van der Waals surface area contributed by atoms with E-state index in [2.05, 4.69) is 20.9 Å². The summed E-state index contributed by atoms with van der Waals surface area (Å²) in [5.74, 6) is 0.176. The maximum atomic E-state index is 12.1. The fourth-order valence-electron chi connectivity index (χ4n) is 2.87. The van der Waals surface area contributed by atoms with Gasteiger partial charge in [-0.3, -0.25) is 14.5 Å². The van der Waals surface area contributed by atoms with Crippen LogP contribution in [0.3, 0.4) is 0 Å². The van der Waals surface area contributed by atoms with E-state index in [4.69, 9.17) is 4.74 Å². The van der Waals surface area contributed by atoms with Gasteiger partial charge >= 0.3 is 0 Å². The molecule has 0 saturated carbocycles. The minimum atomic E-state index is 0. The second kappa shape index (κ2) is 10.5. The number of halogens is 1. The summed E-state index contributed by atoms with van der Waals surface area (Å²) in [6.45, 7) is 6.00. The van der Waals surface area contributed by atoms with Crippen LogP contribution >= 0.6 is 12.4 Å². The predicted octanol–water partition coefficient (Wildman–Crippen LogP) is 0.605. The molecule has 1 aromatic rings. The largest absolute Gasteiger partial charge is 0.379 e. The Balaban J connectivity index is 0.00000243. The molecule has 8 heteroatoms. The van der Waals surface area contributed by atoms with Gasteiger partial charge in [-0.15, -0.1) is 12.4 Å². The van der Waals surface area contributed by atoms with Crippen LogP contribution in [0.15, 0.2) is 24.3 Å². The van der Waals surface area contributed by atoms with Crippen molar-refractivity contribution < 1.29 is 14.3 Å². The van der Waals surface area contributed by atoms with Crippen molar-refractivity contribution in [2.24, 2.45) is 5.92 Å². The van der Waals surface area contributed by atoms with Crippen LogP contribution in [0.25, 0.3) is 0 Å². The van der Waals surface area contributed by atoms with Gasteiger partial charge in [0.05, 0.1) is 19.1 Å². The highest BCUT2D eigenvalue weighted by Crippen LogP contribution is 2.12. The van der Waals surface area contributed by atoms with E-state index in [1.807, 2.05) is 24.3 Å². The topological polar surface area (TPSA) is 82.7 Å². The summed E-state index contributed by atoms with van der Waals surface area (Å²) in [4.78, 5) is 26.2. The standard InChI is InChI=1S/C18H26N4O3.ClH/c23-17(4-5-22-6-8-25-9-7-22)21-16-3-1-2-14(10-16)11-20-18(24)15-12-19-13-15;/h1-3,10,15,19H,4-9,11-13H2,(H,20,24)(H,21,23);1H. The number of amides is 2. The van der Waals surface area contributed by atoms with Crippen molar-refractivity contribution in [3.63, 3.8) is 0 Å². The Hall–Kier alpha value is -1.67. The molecule has 0 aromatic heterocycles. The van der Waals surface area contributed by atoms with Crippen LogP contribution in [-0.4, -0.2) is 62.7 Å². The number of nitrogens with one attached hydrogen (secondary N) is 3. The first-order valence-electron chi connectivity index (χ1n) is 8.88. The Morgan fingerprint density at radius 2 is 2.00 bits per heavy atom. The highest BCUT2D eigenvalue weighted by molar-refractivity contribution is 5.90. The van der Waals surface area contributed by atoms with E-state index in [0.29, 0.717) is 13.0 Å². The summed E-state index contributed by atoms with van der Waals surface area (Å²) < 4.78 is 5.31. The van der Waals surface area contributed by atoms with Crippen LogP contribution in [-0.2, 0) is 20.9 Å². The number of benzene rings is 1. The number of morpholine rings is 1. The van der Waals surface area contributed by atoms with Crippen molar-refractivity contribution in [3.05, 3.63) is 29.8 Å². The normalized spacial score (nSPS) is 17.7. The van der Waals surface area contributed by atoms with Gasteiger partial charge in [-0.25, -0.2) is 0 Å². The third-order valence-corrected chi connectivity index (χ3v) is 4.59. The molecule has 0 bridgehead atoms. The highest BCUT2D eigenvalue weighted by Gasteiger charge is 2.24. The number of rotatable bonds is 7. The van der Waals surface area contributed by atoms with Gasteiger partial charge in [-0.2, -0.15) is 0 Å². The van der Waals surface area contributed by atoms with Gasteiger partial charge in [0.15, 0.2) is 0 Å². The molecule has 2 saturated heterocycles. The number of nitrogens with zero attached hydrogens (tertiary/aromatic N) is 1. The molecule has 0 unspecified atom stereocenters. The molecule has 144 valence electrons. The second-order valence-electron chi connectivity index (χ2n) is 6.53. The molecule has 2 fully saturated rings. The number of anilines is 1. The Bertz CT molecular complexity index is 604. The molecule has 2 aliphatic rings. The van der Waals surface area contributed by atoms with E-state index < -0.39 is 0 Å². The minimum Gasteiger partial charge on any atom is -0.379 e. The van der Waals surface area contributed by atoms with Crippen LogP contribution in [0.4, 0.5) is 5.69 Å². The van der Waals surface area contributed by atoms with Gasteiger partial charge in [0, 0.05) is 51.4 Å². The summed E-state index contributed by atoms with van der Waals surface area (Å²) >= 11 is 0. The van der Waals surface area contributed by atoms with Crippen LogP contribution in [0, 0.1) is 5.92 Å². The van der Waals surface area contributed by atoms with Crippen molar-refractivity contribution in [2.75, 3.05) is 51.3 Å². The second-order valence-corrected chi connectivity index (χ2v) is 6.53. The average Bonchev–Trinajstić information content (AvgIpc) is 2.58. The zero-order valence-corrected chi connectivity index (χ0v) is 15.6. The maximum absolute atomic E-state index is 12.1. The molecule has 7 nitrogen and oxygen atoms in total. The summed E-state index contributed by atoms with van der Waals surface area (Å²) in [5, 5.41) is 8.96. The molecule has 3 N–H and O–H groups in total. The molecule has 0 atom stereocenters. The molecule has 3 rings (SSSR count). The van der Waals surface area contributed by atoms with Crippen LogP contribution in [0.5, 0.6) is 0 Å². The van der Waals surface area contributed by atoms with Crippen molar-refractivity contribution in [1.29, 1.82) is 0 Å². The Kier molecular flexibility index (Phi) is 8.31. The maximum Gasteiger partial charge on any atom is 0.225 e. The lowest BCUT2D eigenvalue weighted by molar-refractivity contribution is -0.126. The Labute approximate surface area is 160 Å². The van der Waals surface area contributed by atoms with Crippen LogP contribution in [0.2, 0.25) is 0 Å². The van der Waals surface area contributed by atoms with Crippen LogP contribution < -0.4 is 16.0 Å². The first-order valence-corrected chi connectivity index (χ1v) is 8.88. The van der Waals surface area contributed by atoms with E-state index in [0.717, 1.165) is 57.2 Å². The zero-order valence-electron chi connectivity index (χ0n) is 14.8. The molecule has 26 heavy (non-hydrogen) atoms. The number of hydrogen-bond donors (Lipinski definition) is 3. The van der Waals surface area contributed by atoms with Crippen molar-refractivity contribution in [2.45, 2.75) is 13.0 Å². The lowest BCUT2D eigenvalue weighted by Crippen LogP contribution is -2.50. The molecular formula is C18H27ClN4O3. The molecule has 2 aliphatic heterocycles. The predicted molar refractivity (Wildman–Crippen MR) is 102 cm³/mol. The number of carbonyl (C=O) groups is 2. The molecule has 0 spiro atoms. The third-order valence-electron chi connectivity index (χ3n) is 4.59. The minimum absolute atomic E-state index is 0. The first kappa shape index (κ1) is 20.6. The fourth-order valence-corrected chi connectivity index (χ4v) is 2.87. The third kappa shape index (κ3) is 6.25. The lowest BCUT2D eigenvalue weighted by atomic mass is 10.0. The van der Waals surface area contributed by atoms with E-state index in [9.17, 15) is 9.59 Å². The fraction of sp³-hybridized carbons (Fsp3) is 0.556. The number of carbonyl (C=O) groups excluding carboxylic acids is 2. The summed E-state index contributed by atoms with van der Waals surface area (Å²) in [5.41, 5.74) is 1.75. The number of ether oxygens (including phenoxy) is 1. The van der Waals surface area contributed by atoms with Gasteiger partial charge in [0.2, 0.25) is 11.8 Å². The zero-order chi connectivity index (χ0) is 17.5. The van der Waals surface area contributed by atoms with Crippen molar-refractivity contribution >= 4 is 29.9 Å². The smallest absolute Gasteiger partial charge is 0.225 e. The van der Waals surface area contributed by atoms with Gasteiger partial charge < -0.3 is 20.7 Å². The lowest BCUT2D eigenvalue weighted by Gasteiger charge is -2.26. The summed E-state index contributed by atoms with van der Waals surface area (Å²) in [6, 6.07) is 7.62. The van der Waals surface area contributed by atoms with Crippen molar-refractivity contribution in [1.82, 2.24) is 15.5 Å². The summed E-state index contributed by atoms with van der Waals surface area (Å²) in [7, 11) is 0. The van der Waals surface area contributed by atoms with Crippen LogP contribution in [0.1, 0.15) is 12.0 Å². The first-order chi connectivity index (χ1) is 12.2. The van der Waals surface area contributed by atoms with E-state index in [1.165, 1.54) is 0 Å². The molecule has 0 radical (unpaired) electrons. The van der Waals surface area contributed by atoms with Gasteiger partial charge in [-0.05, 0) is 17.7 Å². The molecule has 2 heterocycles. The quantitative estimate of drug-likeness (QED) is 0.643. The summed E-state index contributed by atoms with van der Waals surface area (Å²) in [6.07, 6.45) is 0.468. The van der Waals surface area contributed by atoms with E-state index in [1.54, 1.807) is 0 Å². The molecular weight excluding hydrogens is 356 g/mol. The average molecular weight is 383 g/mol. The van der Waals surface area contributed by atoms with Crippen molar-refractivity contribution in [3.8, 4) is 0 Å². The number of hydrogen-bond acceptors (Lipinski definition) is 5. The molecule has 2 amide bonds. The highest BCUT2D eigenvalue weighted by atomic mass is 35.5. The Morgan fingerprint density at radius 1 is 1.23 bits per heavy atom. The molecule has 1 aromatic carbocycles. The van der Waals surface area contributed by atoms with E-state index in [-0.39, 0.29) is 30.1 Å². The Morgan fingerprint density at radius 3 is 2.69 bits per heavy atom. The van der Waals surface area contributed by atoms with E-state index >= 15 is 0 Å². The van der Waals surface area contributed by atoms with Gasteiger partial charge in [0.1, 0.15) is 0 Å².